The molecule has 2 heterocycles. The van der Waals surface area contributed by atoms with Crippen molar-refractivity contribution in [1.82, 2.24) is 10.6 Å². The van der Waals surface area contributed by atoms with Crippen LogP contribution < -0.4 is 10.6 Å². The van der Waals surface area contributed by atoms with Crippen molar-refractivity contribution in [2.24, 2.45) is 5.92 Å². The smallest absolute Gasteiger partial charge is 0.350 e. The van der Waals surface area contributed by atoms with Crippen LogP contribution >= 0.6 is 0 Å². The molecule has 3 aliphatic rings. The van der Waals surface area contributed by atoms with Crippen LogP contribution in [-0.4, -0.2) is 71.0 Å². The fraction of sp³-hybridized carbons (Fsp3) is 0.516. The molecule has 2 aromatic carbocycles. The Labute approximate surface area is 244 Å². The van der Waals surface area contributed by atoms with Gasteiger partial charge in [-0.25, -0.2) is 9.59 Å². The standard InChI is InChI=1S/C31H38N2O9/c1-19(34)40-26-27(35)41-24-25(38-17-21-13-9-6-10-14-21)31(26,33-28(36)32-16-20-11-7-5-8-12-20)22(15-30(24,4)37)23-18-39-29(2,3)42-23/h5-14,22-26,37H,15-18H2,1-4H3,(H2,32,33,36)/t22-,23-,24+,25?,26-,30+,31-/m1/s1. The molecule has 0 aromatic heterocycles. The number of carbonyl (C=O) groups is 3. The fourth-order valence-corrected chi connectivity index (χ4v) is 6.33. The average molecular weight is 583 g/mol. The number of ether oxygens (including phenoxy) is 5. The zero-order valence-electron chi connectivity index (χ0n) is 24.2. The van der Waals surface area contributed by atoms with Gasteiger partial charge in [-0.1, -0.05) is 60.7 Å². The number of aliphatic hydroxyl groups is 1. The van der Waals surface area contributed by atoms with Gasteiger partial charge in [-0.05, 0) is 38.3 Å². The van der Waals surface area contributed by atoms with Crippen molar-refractivity contribution < 1.29 is 43.2 Å². The van der Waals surface area contributed by atoms with E-state index < -0.39 is 65.2 Å². The number of benzene rings is 2. The highest BCUT2D eigenvalue weighted by Crippen LogP contribution is 2.52. The first-order valence-corrected chi connectivity index (χ1v) is 14.1. The van der Waals surface area contributed by atoms with E-state index in [1.807, 2.05) is 60.7 Å². The molecule has 5 rings (SSSR count). The summed E-state index contributed by atoms with van der Waals surface area (Å²) in [5.41, 5.74) is -1.60. The van der Waals surface area contributed by atoms with Crippen molar-refractivity contribution in [1.29, 1.82) is 0 Å². The average Bonchev–Trinajstić information content (AvgIpc) is 3.31. The summed E-state index contributed by atoms with van der Waals surface area (Å²) >= 11 is 0. The van der Waals surface area contributed by atoms with Crippen molar-refractivity contribution in [3.05, 3.63) is 71.8 Å². The number of urea groups is 1. The Kier molecular flexibility index (Phi) is 8.30. The minimum absolute atomic E-state index is 0.0248. The molecule has 2 aliphatic heterocycles. The first-order chi connectivity index (χ1) is 19.9. The summed E-state index contributed by atoms with van der Waals surface area (Å²) in [5, 5.41) is 17.6. The summed E-state index contributed by atoms with van der Waals surface area (Å²) in [6.45, 7) is 6.62. The summed E-state index contributed by atoms with van der Waals surface area (Å²) in [7, 11) is 0. The van der Waals surface area contributed by atoms with Crippen molar-refractivity contribution in [2.45, 2.75) is 88.6 Å². The molecule has 2 bridgehead atoms. The van der Waals surface area contributed by atoms with E-state index in [2.05, 4.69) is 10.6 Å². The number of esters is 2. The maximum atomic E-state index is 13.7. The molecule has 1 unspecified atom stereocenters. The number of amides is 2. The van der Waals surface area contributed by atoms with Gasteiger partial charge in [-0.3, -0.25) is 4.79 Å². The summed E-state index contributed by atoms with van der Waals surface area (Å²) in [4.78, 5) is 39.7. The van der Waals surface area contributed by atoms with E-state index in [1.54, 1.807) is 20.8 Å². The van der Waals surface area contributed by atoms with Crippen LogP contribution in [0.5, 0.6) is 0 Å². The van der Waals surface area contributed by atoms with Gasteiger partial charge in [0.1, 0.15) is 17.2 Å². The van der Waals surface area contributed by atoms with Gasteiger partial charge in [0.15, 0.2) is 11.9 Å². The number of hydrogen-bond acceptors (Lipinski definition) is 9. The Morgan fingerprint density at radius 3 is 2.26 bits per heavy atom. The van der Waals surface area contributed by atoms with Crippen LogP contribution in [0.3, 0.4) is 0 Å². The maximum absolute atomic E-state index is 13.7. The van der Waals surface area contributed by atoms with E-state index >= 15 is 0 Å². The van der Waals surface area contributed by atoms with E-state index in [0.717, 1.165) is 11.1 Å². The number of rotatable bonds is 8. The van der Waals surface area contributed by atoms with Gasteiger partial charge >= 0.3 is 18.0 Å². The molecule has 226 valence electrons. The molecular weight excluding hydrogens is 544 g/mol. The largest absolute Gasteiger partial charge is 0.454 e. The molecule has 2 aromatic rings. The molecule has 42 heavy (non-hydrogen) atoms. The minimum atomic E-state index is -1.70. The first-order valence-electron chi connectivity index (χ1n) is 14.1. The second kappa shape index (κ2) is 11.6. The van der Waals surface area contributed by atoms with Crippen LogP contribution in [-0.2, 0) is 46.4 Å². The van der Waals surface area contributed by atoms with Crippen LogP contribution in [0, 0.1) is 5.92 Å². The highest BCUT2D eigenvalue weighted by Gasteiger charge is 2.73. The molecule has 3 N–H and O–H groups in total. The van der Waals surface area contributed by atoms with E-state index in [-0.39, 0.29) is 26.2 Å². The van der Waals surface area contributed by atoms with Crippen molar-refractivity contribution >= 4 is 18.0 Å². The number of hydrogen-bond donors (Lipinski definition) is 3. The molecule has 11 heteroatoms. The molecule has 7 atom stereocenters. The van der Waals surface area contributed by atoms with Gasteiger partial charge in [0.25, 0.3) is 0 Å². The lowest BCUT2D eigenvalue weighted by atomic mass is 9.58. The predicted octanol–water partition coefficient (Wildman–Crippen LogP) is 2.59. The monoisotopic (exact) mass is 582 g/mol. The summed E-state index contributed by atoms with van der Waals surface area (Å²) in [6, 6.07) is 18.0. The molecule has 0 radical (unpaired) electrons. The van der Waals surface area contributed by atoms with Gasteiger partial charge in [-0.2, -0.15) is 0 Å². The molecule has 2 amide bonds. The minimum Gasteiger partial charge on any atom is -0.454 e. The van der Waals surface area contributed by atoms with Crippen LogP contribution in [0.1, 0.15) is 45.2 Å². The van der Waals surface area contributed by atoms with Gasteiger partial charge in [0.05, 0.1) is 19.3 Å². The van der Waals surface area contributed by atoms with Crippen LogP contribution in [0.25, 0.3) is 0 Å². The van der Waals surface area contributed by atoms with Crippen LogP contribution in [0.2, 0.25) is 0 Å². The second-order valence-corrected chi connectivity index (χ2v) is 11.8. The van der Waals surface area contributed by atoms with Gasteiger partial charge in [-0.15, -0.1) is 0 Å². The van der Waals surface area contributed by atoms with Gasteiger partial charge < -0.3 is 39.4 Å². The number of nitrogens with one attached hydrogen (secondary N) is 2. The normalized spacial score (nSPS) is 33.4. The van der Waals surface area contributed by atoms with Crippen LogP contribution in [0.15, 0.2) is 60.7 Å². The molecule has 2 saturated heterocycles. The molecule has 11 nitrogen and oxygen atoms in total. The third kappa shape index (κ3) is 6.00. The van der Waals surface area contributed by atoms with E-state index in [1.165, 1.54) is 6.92 Å². The third-order valence-corrected chi connectivity index (χ3v) is 8.16. The summed E-state index contributed by atoms with van der Waals surface area (Å²) in [6.07, 6.45) is -4.60. The number of fused-ring (bicyclic) bond motifs is 2. The predicted molar refractivity (Wildman–Crippen MR) is 149 cm³/mol. The highest BCUT2D eigenvalue weighted by atomic mass is 16.7. The summed E-state index contributed by atoms with van der Waals surface area (Å²) < 4.78 is 30.0. The van der Waals surface area contributed by atoms with Crippen molar-refractivity contribution in [3.8, 4) is 0 Å². The fourth-order valence-electron chi connectivity index (χ4n) is 6.33. The summed E-state index contributed by atoms with van der Waals surface area (Å²) in [5.74, 6) is -3.41. The highest BCUT2D eigenvalue weighted by molar-refractivity contribution is 5.84. The zero-order chi connectivity index (χ0) is 30.1. The molecule has 1 saturated carbocycles. The quantitative estimate of drug-likeness (QED) is 0.401. The number of carbonyl (C=O) groups excluding carboxylic acids is 3. The lowest BCUT2D eigenvalue weighted by Crippen LogP contribution is -2.84. The maximum Gasteiger partial charge on any atom is 0.350 e. The van der Waals surface area contributed by atoms with Gasteiger partial charge in [0, 0.05) is 19.4 Å². The Bertz CT molecular complexity index is 1290. The molecule has 1 aliphatic carbocycles. The van der Waals surface area contributed by atoms with Crippen molar-refractivity contribution in [2.75, 3.05) is 6.61 Å². The lowest BCUT2D eigenvalue weighted by Gasteiger charge is -2.61. The second-order valence-electron chi connectivity index (χ2n) is 11.8. The molecule has 3 fully saturated rings. The Hall–Kier alpha value is -3.51. The molecule has 0 spiro atoms. The lowest BCUT2D eigenvalue weighted by molar-refractivity contribution is -0.282. The Morgan fingerprint density at radius 2 is 1.67 bits per heavy atom. The van der Waals surface area contributed by atoms with Crippen LogP contribution in [0.4, 0.5) is 4.79 Å². The van der Waals surface area contributed by atoms with Crippen molar-refractivity contribution in [3.63, 3.8) is 0 Å². The topological polar surface area (TPSA) is 142 Å². The first kappa shape index (κ1) is 30.0. The van der Waals surface area contributed by atoms with Gasteiger partial charge in [0.2, 0.25) is 6.10 Å². The van der Waals surface area contributed by atoms with E-state index in [9.17, 15) is 19.5 Å². The molecular formula is C31H38N2O9. The van der Waals surface area contributed by atoms with E-state index in [0.29, 0.717) is 0 Å². The Morgan fingerprint density at radius 1 is 1.02 bits per heavy atom. The van der Waals surface area contributed by atoms with E-state index in [4.69, 9.17) is 23.7 Å². The third-order valence-electron chi connectivity index (χ3n) is 8.16. The SMILES string of the molecule is CC(=O)O[C@@H]1C(=O)O[C@H]2C(OCc3ccccc3)[C@]1(NC(=O)NCc1ccccc1)[C@@H]([C@H]1COC(C)(C)O1)C[C@]2(C)O. The Balaban J connectivity index is 1.59. The zero-order valence-corrected chi connectivity index (χ0v) is 24.2.